The van der Waals surface area contributed by atoms with Gasteiger partial charge in [0, 0.05) is 16.6 Å². The average molecular weight is 488 g/mol. The number of hydrogen-bond donors (Lipinski definition) is 0. The van der Waals surface area contributed by atoms with E-state index in [0.29, 0.717) is 35.3 Å². The molecule has 0 aliphatic heterocycles. The van der Waals surface area contributed by atoms with Crippen molar-refractivity contribution in [3.8, 4) is 17.1 Å². The Kier molecular flexibility index (Phi) is 5.88. The second-order valence-electron chi connectivity index (χ2n) is 6.78. The quantitative estimate of drug-likeness (QED) is 0.354. The molecule has 0 N–H and O–H groups in total. The van der Waals surface area contributed by atoms with Gasteiger partial charge in [0.2, 0.25) is 0 Å². The molecular formula is C23H17BrClFN2O2. The van der Waals surface area contributed by atoms with Crippen molar-refractivity contribution in [2.45, 2.75) is 13.0 Å². The summed E-state index contributed by atoms with van der Waals surface area (Å²) < 4.78 is 21.7. The second kappa shape index (κ2) is 8.58. The first-order valence-corrected chi connectivity index (χ1v) is 10.4. The molecule has 0 aliphatic rings. The van der Waals surface area contributed by atoms with Crippen LogP contribution >= 0.6 is 27.5 Å². The second-order valence-corrected chi connectivity index (χ2v) is 8.10. The van der Waals surface area contributed by atoms with Gasteiger partial charge < -0.3 is 4.74 Å². The van der Waals surface area contributed by atoms with Crippen molar-refractivity contribution in [1.29, 1.82) is 0 Å². The molecule has 1 heterocycles. The SMILES string of the molecule is COc1ccc(CCn2c(-c3ccc(Cl)c(F)c3)nc3ccc(Br)cc3c2=O)cc1. The topological polar surface area (TPSA) is 44.1 Å². The van der Waals surface area contributed by atoms with Gasteiger partial charge in [-0.2, -0.15) is 0 Å². The Morgan fingerprint density at radius 3 is 2.57 bits per heavy atom. The number of hydrogen-bond acceptors (Lipinski definition) is 3. The van der Waals surface area contributed by atoms with E-state index < -0.39 is 5.82 Å². The van der Waals surface area contributed by atoms with Crippen LogP contribution in [0.5, 0.6) is 5.75 Å². The van der Waals surface area contributed by atoms with E-state index in [4.69, 9.17) is 16.3 Å². The lowest BCUT2D eigenvalue weighted by Gasteiger charge is -2.14. The Hall–Kier alpha value is -2.70. The van der Waals surface area contributed by atoms with Gasteiger partial charge in [0.05, 0.1) is 23.0 Å². The molecule has 1 aromatic heterocycles. The van der Waals surface area contributed by atoms with Gasteiger partial charge in [-0.1, -0.05) is 39.7 Å². The summed E-state index contributed by atoms with van der Waals surface area (Å²) in [5, 5.41) is 0.521. The van der Waals surface area contributed by atoms with Gasteiger partial charge in [-0.25, -0.2) is 9.37 Å². The number of ether oxygens (including phenoxy) is 1. The number of halogens is 3. The van der Waals surface area contributed by atoms with Crippen LogP contribution in [0.4, 0.5) is 4.39 Å². The summed E-state index contributed by atoms with van der Waals surface area (Å²) in [6, 6.07) is 17.5. The van der Waals surface area contributed by atoms with Crippen molar-refractivity contribution in [2.75, 3.05) is 7.11 Å². The van der Waals surface area contributed by atoms with Gasteiger partial charge in [0.1, 0.15) is 17.4 Å². The lowest BCUT2D eigenvalue weighted by molar-refractivity contribution is 0.414. The number of fused-ring (bicyclic) bond motifs is 1. The van der Waals surface area contributed by atoms with Crippen LogP contribution in [-0.4, -0.2) is 16.7 Å². The molecule has 0 bridgehead atoms. The molecule has 7 heteroatoms. The Morgan fingerprint density at radius 1 is 1.10 bits per heavy atom. The maximum Gasteiger partial charge on any atom is 0.261 e. The number of nitrogens with zero attached hydrogens (tertiary/aromatic N) is 2. The smallest absolute Gasteiger partial charge is 0.261 e. The summed E-state index contributed by atoms with van der Waals surface area (Å²) in [5.74, 6) is 0.616. The zero-order chi connectivity index (χ0) is 21.3. The highest BCUT2D eigenvalue weighted by atomic mass is 79.9. The lowest BCUT2D eigenvalue weighted by Crippen LogP contribution is -2.24. The lowest BCUT2D eigenvalue weighted by atomic mass is 10.1. The van der Waals surface area contributed by atoms with Gasteiger partial charge in [-0.05, 0) is 60.5 Å². The van der Waals surface area contributed by atoms with Crippen LogP contribution in [0.25, 0.3) is 22.3 Å². The van der Waals surface area contributed by atoms with Crippen LogP contribution in [0.15, 0.2) is 69.9 Å². The maximum absolute atomic E-state index is 14.1. The largest absolute Gasteiger partial charge is 0.497 e. The molecule has 3 aromatic carbocycles. The van der Waals surface area contributed by atoms with E-state index in [1.165, 1.54) is 12.1 Å². The number of rotatable bonds is 5. The Labute approximate surface area is 186 Å². The molecule has 0 radical (unpaired) electrons. The van der Waals surface area contributed by atoms with Gasteiger partial charge >= 0.3 is 0 Å². The normalized spacial score (nSPS) is 11.1. The van der Waals surface area contributed by atoms with Crippen molar-refractivity contribution in [3.05, 3.63) is 91.9 Å². The van der Waals surface area contributed by atoms with Crippen molar-refractivity contribution in [1.82, 2.24) is 9.55 Å². The van der Waals surface area contributed by atoms with Crippen LogP contribution in [0, 0.1) is 5.82 Å². The fourth-order valence-corrected chi connectivity index (χ4v) is 3.77. The molecule has 0 atom stereocenters. The third-order valence-corrected chi connectivity index (χ3v) is 5.68. The Morgan fingerprint density at radius 2 is 1.87 bits per heavy atom. The van der Waals surface area contributed by atoms with E-state index in [1.807, 2.05) is 30.3 Å². The molecule has 0 amide bonds. The van der Waals surface area contributed by atoms with E-state index in [1.54, 1.807) is 29.9 Å². The minimum absolute atomic E-state index is 0.0237. The predicted octanol–water partition coefficient (Wildman–Crippen LogP) is 5.87. The van der Waals surface area contributed by atoms with Crippen molar-refractivity contribution < 1.29 is 9.13 Å². The summed E-state index contributed by atoms with van der Waals surface area (Å²) >= 11 is 9.25. The first-order chi connectivity index (χ1) is 14.5. The zero-order valence-electron chi connectivity index (χ0n) is 16.0. The highest BCUT2D eigenvalue weighted by molar-refractivity contribution is 9.10. The summed E-state index contributed by atoms with van der Waals surface area (Å²) in [6.07, 6.45) is 0.605. The molecule has 4 nitrogen and oxygen atoms in total. The minimum Gasteiger partial charge on any atom is -0.497 e. The fourth-order valence-electron chi connectivity index (χ4n) is 3.29. The maximum atomic E-state index is 14.1. The van der Waals surface area contributed by atoms with E-state index >= 15 is 0 Å². The molecular weight excluding hydrogens is 471 g/mol. The molecule has 0 aliphatic carbocycles. The zero-order valence-corrected chi connectivity index (χ0v) is 18.4. The van der Waals surface area contributed by atoms with Crippen LogP contribution in [0.2, 0.25) is 5.02 Å². The molecule has 152 valence electrons. The number of aryl methyl sites for hydroxylation is 1. The molecule has 4 rings (SSSR count). The summed E-state index contributed by atoms with van der Waals surface area (Å²) in [4.78, 5) is 18.0. The molecule has 0 spiro atoms. The van der Waals surface area contributed by atoms with Crippen LogP contribution < -0.4 is 10.3 Å². The minimum atomic E-state index is -0.555. The molecule has 30 heavy (non-hydrogen) atoms. The average Bonchev–Trinajstić information content (AvgIpc) is 2.75. The summed E-state index contributed by atoms with van der Waals surface area (Å²) in [7, 11) is 1.62. The Bertz CT molecular complexity index is 1290. The third kappa shape index (κ3) is 4.11. The third-order valence-electron chi connectivity index (χ3n) is 4.88. The van der Waals surface area contributed by atoms with E-state index in [9.17, 15) is 9.18 Å². The van der Waals surface area contributed by atoms with Gasteiger partial charge in [-0.15, -0.1) is 0 Å². The van der Waals surface area contributed by atoms with Crippen molar-refractivity contribution in [2.24, 2.45) is 0 Å². The molecule has 0 saturated heterocycles. The van der Waals surface area contributed by atoms with Crippen LogP contribution in [0.3, 0.4) is 0 Å². The van der Waals surface area contributed by atoms with Crippen LogP contribution in [-0.2, 0) is 13.0 Å². The first kappa shape index (κ1) is 20.6. The molecule has 4 aromatic rings. The predicted molar refractivity (Wildman–Crippen MR) is 121 cm³/mol. The fraction of sp³-hybridized carbons (Fsp3) is 0.130. The number of benzene rings is 3. The number of methoxy groups -OCH3 is 1. The summed E-state index contributed by atoms with van der Waals surface area (Å²) in [6.45, 7) is 0.389. The van der Waals surface area contributed by atoms with Crippen LogP contribution in [0.1, 0.15) is 5.56 Å². The van der Waals surface area contributed by atoms with E-state index in [0.717, 1.165) is 15.8 Å². The van der Waals surface area contributed by atoms with E-state index in [2.05, 4.69) is 20.9 Å². The summed E-state index contributed by atoms with van der Waals surface area (Å²) in [5.41, 5.74) is 1.91. The molecule has 0 saturated carbocycles. The number of aromatic nitrogens is 2. The van der Waals surface area contributed by atoms with E-state index in [-0.39, 0.29) is 10.6 Å². The van der Waals surface area contributed by atoms with Gasteiger partial charge in [0.15, 0.2) is 0 Å². The first-order valence-electron chi connectivity index (χ1n) is 9.25. The standard InChI is InChI=1S/C23H17BrClFN2O2/c1-30-17-6-2-14(3-7-17)10-11-28-22(15-4-8-19(25)20(26)12-15)27-21-9-5-16(24)13-18(21)23(28)29/h2-9,12-13H,10-11H2,1H3. The molecule has 0 unspecified atom stereocenters. The van der Waals surface area contributed by atoms with Crippen molar-refractivity contribution >= 4 is 38.4 Å². The molecule has 0 fully saturated rings. The van der Waals surface area contributed by atoms with Crippen molar-refractivity contribution in [3.63, 3.8) is 0 Å². The Balaban J connectivity index is 1.82. The highest BCUT2D eigenvalue weighted by Crippen LogP contribution is 2.25. The van der Waals surface area contributed by atoms with Gasteiger partial charge in [0.25, 0.3) is 5.56 Å². The monoisotopic (exact) mass is 486 g/mol. The van der Waals surface area contributed by atoms with Gasteiger partial charge in [-0.3, -0.25) is 9.36 Å². The highest BCUT2D eigenvalue weighted by Gasteiger charge is 2.15.